The fourth-order valence-corrected chi connectivity index (χ4v) is 5.13. The summed E-state index contributed by atoms with van der Waals surface area (Å²) in [5, 5.41) is 1.22. The van der Waals surface area contributed by atoms with E-state index in [2.05, 4.69) is 43.5 Å². The van der Waals surface area contributed by atoms with Crippen LogP contribution < -0.4 is 4.90 Å². The first kappa shape index (κ1) is 16.7. The van der Waals surface area contributed by atoms with Crippen LogP contribution in [0.25, 0.3) is 10.1 Å². The van der Waals surface area contributed by atoms with Crippen molar-refractivity contribution < 1.29 is 4.79 Å². The summed E-state index contributed by atoms with van der Waals surface area (Å²) in [6.45, 7) is 5.23. The second-order valence-corrected chi connectivity index (χ2v) is 8.31. The summed E-state index contributed by atoms with van der Waals surface area (Å²) in [7, 11) is 0. The third kappa shape index (κ3) is 3.00. The number of hydrogen-bond acceptors (Lipinski definition) is 5. The van der Waals surface area contributed by atoms with Gasteiger partial charge < -0.3 is 14.8 Å². The SMILES string of the molecule is Cc1nc2c([nH]1)C[C@H](C(=O)N1CCN(c3nsc4ccccc34)CC1)CC2. The van der Waals surface area contributed by atoms with Crippen molar-refractivity contribution in [2.75, 3.05) is 31.1 Å². The Kier molecular flexibility index (Phi) is 4.11. The zero-order valence-corrected chi connectivity index (χ0v) is 16.3. The predicted octanol–water partition coefficient (Wildman–Crippen LogP) is 2.78. The second-order valence-electron chi connectivity index (χ2n) is 7.50. The van der Waals surface area contributed by atoms with Crippen LogP contribution in [0.3, 0.4) is 0 Å². The third-order valence-corrected chi connectivity index (χ3v) is 6.58. The number of nitrogens with one attached hydrogen (secondary N) is 1. The molecule has 6 nitrogen and oxygen atoms in total. The number of aromatic nitrogens is 3. The van der Waals surface area contributed by atoms with E-state index in [1.54, 1.807) is 11.5 Å². The maximum atomic E-state index is 13.0. The summed E-state index contributed by atoms with van der Waals surface area (Å²) < 4.78 is 5.88. The Hall–Kier alpha value is -2.41. The molecule has 0 radical (unpaired) electrons. The average Bonchev–Trinajstić information content (AvgIpc) is 3.29. The number of amides is 1. The highest BCUT2D eigenvalue weighted by Gasteiger charge is 2.32. The summed E-state index contributed by atoms with van der Waals surface area (Å²) in [6, 6.07) is 8.37. The number of H-pyrrole nitrogens is 1. The van der Waals surface area contributed by atoms with Crippen LogP contribution in [0, 0.1) is 12.8 Å². The number of hydrogen-bond donors (Lipinski definition) is 1. The summed E-state index contributed by atoms with van der Waals surface area (Å²) in [6.07, 6.45) is 2.61. The van der Waals surface area contributed by atoms with E-state index in [-0.39, 0.29) is 5.92 Å². The van der Waals surface area contributed by atoms with Gasteiger partial charge in [0.25, 0.3) is 0 Å². The number of carbonyl (C=O) groups is 1. The highest BCUT2D eigenvalue weighted by atomic mass is 32.1. The molecule has 1 aliphatic carbocycles. The molecule has 1 atom stereocenters. The summed E-state index contributed by atoms with van der Waals surface area (Å²) in [5.74, 6) is 2.41. The molecule has 0 bridgehead atoms. The largest absolute Gasteiger partial charge is 0.352 e. The Morgan fingerprint density at radius 3 is 2.89 bits per heavy atom. The van der Waals surface area contributed by atoms with Crippen LogP contribution in [-0.4, -0.2) is 51.3 Å². The molecule has 3 aromatic rings. The van der Waals surface area contributed by atoms with Crippen molar-refractivity contribution >= 4 is 33.3 Å². The smallest absolute Gasteiger partial charge is 0.226 e. The van der Waals surface area contributed by atoms with E-state index >= 15 is 0 Å². The average molecular weight is 382 g/mol. The normalized spacial score (nSPS) is 20.1. The van der Waals surface area contributed by atoms with Gasteiger partial charge in [-0.2, -0.15) is 4.37 Å². The van der Waals surface area contributed by atoms with Crippen LogP contribution in [0.1, 0.15) is 23.6 Å². The van der Waals surface area contributed by atoms with Gasteiger partial charge >= 0.3 is 0 Å². The number of fused-ring (bicyclic) bond motifs is 2. The first-order chi connectivity index (χ1) is 13.2. The predicted molar refractivity (Wildman–Crippen MR) is 107 cm³/mol. The number of benzene rings is 1. The lowest BCUT2D eigenvalue weighted by molar-refractivity contribution is -0.136. The minimum atomic E-state index is 0.0870. The second kappa shape index (κ2) is 6.64. The molecule has 1 saturated heterocycles. The highest BCUT2D eigenvalue weighted by Crippen LogP contribution is 2.30. The molecule has 0 saturated carbocycles. The number of nitrogens with zero attached hydrogens (tertiary/aromatic N) is 4. The van der Waals surface area contributed by atoms with Gasteiger partial charge in [0.15, 0.2) is 0 Å². The van der Waals surface area contributed by atoms with Gasteiger partial charge in [0.05, 0.1) is 10.4 Å². The molecule has 2 aliphatic rings. The number of rotatable bonds is 2. The number of imidazole rings is 1. The quantitative estimate of drug-likeness (QED) is 0.741. The maximum absolute atomic E-state index is 13.0. The van der Waals surface area contributed by atoms with Gasteiger partial charge in [-0.15, -0.1) is 0 Å². The number of piperazine rings is 1. The lowest BCUT2D eigenvalue weighted by Gasteiger charge is -2.37. The van der Waals surface area contributed by atoms with Crippen molar-refractivity contribution in [3.05, 3.63) is 41.5 Å². The number of aryl methyl sites for hydroxylation is 2. The van der Waals surface area contributed by atoms with E-state index in [1.807, 2.05) is 11.8 Å². The van der Waals surface area contributed by atoms with Crippen molar-refractivity contribution in [3.63, 3.8) is 0 Å². The van der Waals surface area contributed by atoms with E-state index in [0.717, 1.165) is 68.5 Å². The first-order valence-electron chi connectivity index (χ1n) is 9.61. The number of carbonyl (C=O) groups excluding carboxylic acids is 1. The molecule has 2 aromatic heterocycles. The monoisotopic (exact) mass is 381 g/mol. The van der Waals surface area contributed by atoms with Crippen LogP contribution in [0.5, 0.6) is 0 Å². The molecule has 1 amide bonds. The summed E-state index contributed by atoms with van der Waals surface area (Å²) in [4.78, 5) is 25.3. The fourth-order valence-electron chi connectivity index (χ4n) is 4.33. The van der Waals surface area contributed by atoms with Gasteiger partial charge in [0, 0.05) is 49.6 Å². The van der Waals surface area contributed by atoms with E-state index in [0.29, 0.717) is 5.91 Å². The molecule has 1 aliphatic heterocycles. The molecular formula is C20H23N5OS. The lowest BCUT2D eigenvalue weighted by atomic mass is 9.88. The van der Waals surface area contributed by atoms with Crippen molar-refractivity contribution in [2.45, 2.75) is 26.2 Å². The Labute approximate surface area is 162 Å². The van der Waals surface area contributed by atoms with Crippen LogP contribution >= 0.6 is 11.5 Å². The van der Waals surface area contributed by atoms with Crippen LogP contribution in [-0.2, 0) is 17.6 Å². The molecule has 5 rings (SSSR count). The third-order valence-electron chi connectivity index (χ3n) is 5.76. The minimum Gasteiger partial charge on any atom is -0.352 e. The van der Waals surface area contributed by atoms with Crippen molar-refractivity contribution in [3.8, 4) is 0 Å². The van der Waals surface area contributed by atoms with Gasteiger partial charge in [-0.25, -0.2) is 4.98 Å². The van der Waals surface area contributed by atoms with Gasteiger partial charge in [0.1, 0.15) is 11.6 Å². The Balaban J connectivity index is 1.25. The first-order valence-corrected chi connectivity index (χ1v) is 10.4. The molecule has 3 heterocycles. The number of anilines is 1. The summed E-state index contributed by atoms with van der Waals surface area (Å²) >= 11 is 1.55. The standard InChI is InChI=1S/C20H23N5OS/c1-13-21-16-7-6-14(12-17(16)22-13)20(26)25-10-8-24(9-11-25)19-15-4-2-3-5-18(15)27-23-19/h2-5,14H,6-12H2,1H3,(H,21,22)/t14-/m1/s1. The van der Waals surface area contributed by atoms with Crippen molar-refractivity contribution in [1.82, 2.24) is 19.2 Å². The lowest BCUT2D eigenvalue weighted by Crippen LogP contribution is -2.51. The Morgan fingerprint density at radius 2 is 2.04 bits per heavy atom. The Bertz CT molecular complexity index is 985. The van der Waals surface area contributed by atoms with Crippen LogP contribution in [0.2, 0.25) is 0 Å². The fraction of sp³-hybridized carbons (Fsp3) is 0.450. The minimum absolute atomic E-state index is 0.0870. The van der Waals surface area contributed by atoms with Gasteiger partial charge in [-0.05, 0) is 43.4 Å². The molecule has 140 valence electrons. The molecule has 1 fully saturated rings. The molecular weight excluding hydrogens is 358 g/mol. The van der Waals surface area contributed by atoms with E-state index in [1.165, 1.54) is 10.1 Å². The number of aromatic amines is 1. The van der Waals surface area contributed by atoms with Crippen molar-refractivity contribution in [1.29, 1.82) is 0 Å². The molecule has 27 heavy (non-hydrogen) atoms. The maximum Gasteiger partial charge on any atom is 0.226 e. The van der Waals surface area contributed by atoms with E-state index in [9.17, 15) is 4.79 Å². The molecule has 0 unspecified atom stereocenters. The van der Waals surface area contributed by atoms with Gasteiger partial charge in [0.2, 0.25) is 5.91 Å². The van der Waals surface area contributed by atoms with E-state index < -0.39 is 0 Å². The molecule has 7 heteroatoms. The molecule has 0 spiro atoms. The van der Waals surface area contributed by atoms with Crippen molar-refractivity contribution in [2.24, 2.45) is 5.92 Å². The Morgan fingerprint density at radius 1 is 1.22 bits per heavy atom. The van der Waals surface area contributed by atoms with Gasteiger partial charge in [-0.3, -0.25) is 4.79 Å². The molecule has 1 aromatic carbocycles. The van der Waals surface area contributed by atoms with Crippen LogP contribution in [0.15, 0.2) is 24.3 Å². The highest BCUT2D eigenvalue weighted by molar-refractivity contribution is 7.13. The van der Waals surface area contributed by atoms with E-state index in [4.69, 9.17) is 0 Å². The topological polar surface area (TPSA) is 65.1 Å². The molecule has 1 N–H and O–H groups in total. The summed E-state index contributed by atoms with van der Waals surface area (Å²) in [5.41, 5.74) is 2.31. The zero-order valence-electron chi connectivity index (χ0n) is 15.4. The van der Waals surface area contributed by atoms with Gasteiger partial charge in [-0.1, -0.05) is 12.1 Å². The van der Waals surface area contributed by atoms with Crippen LogP contribution in [0.4, 0.5) is 5.82 Å². The zero-order chi connectivity index (χ0) is 18.4.